The summed E-state index contributed by atoms with van der Waals surface area (Å²) in [4.78, 5) is 35.5. The summed E-state index contributed by atoms with van der Waals surface area (Å²) in [5.74, 6) is -2.00. The lowest BCUT2D eigenvalue weighted by molar-refractivity contribution is -0.123. The predicted molar refractivity (Wildman–Crippen MR) is 83.3 cm³/mol. The molecule has 0 aliphatic rings. The average molecular weight is 329 g/mol. The van der Waals surface area contributed by atoms with Crippen molar-refractivity contribution in [2.24, 2.45) is 0 Å². The van der Waals surface area contributed by atoms with Gasteiger partial charge >= 0.3 is 5.97 Å². The lowest BCUT2D eigenvalue weighted by Gasteiger charge is -2.03. The summed E-state index contributed by atoms with van der Waals surface area (Å²) < 4.78 is 10.7. The zero-order chi connectivity index (χ0) is 16.2. The van der Waals surface area contributed by atoms with Gasteiger partial charge in [-0.3, -0.25) is 14.9 Å². The Kier molecular flexibility index (Phi) is 4.20. The topological polar surface area (TPSA) is 85.6 Å². The Labute approximate surface area is 134 Å². The summed E-state index contributed by atoms with van der Waals surface area (Å²) in [7, 11) is 0. The summed E-state index contributed by atoms with van der Waals surface area (Å²) in [5, 5.41) is 3.00. The Bertz CT molecular complexity index is 833. The molecular formula is C16H11NO5S. The molecule has 2 amide bonds. The van der Waals surface area contributed by atoms with Gasteiger partial charge in [-0.1, -0.05) is 18.2 Å². The number of imide groups is 1. The number of fused-ring (bicyclic) bond motifs is 1. The van der Waals surface area contributed by atoms with Crippen molar-refractivity contribution >= 4 is 39.2 Å². The number of hydrogen-bond donors (Lipinski definition) is 1. The number of nitrogens with one attached hydrogen (secondary N) is 1. The first kappa shape index (κ1) is 15.0. The molecule has 0 atom stereocenters. The lowest BCUT2D eigenvalue weighted by atomic mass is 10.2. The molecule has 0 saturated heterocycles. The molecule has 0 radical (unpaired) electrons. The third-order valence-electron chi connectivity index (χ3n) is 2.96. The number of furan rings is 1. The van der Waals surface area contributed by atoms with Crippen molar-refractivity contribution in [3.63, 3.8) is 0 Å². The van der Waals surface area contributed by atoms with E-state index in [0.717, 1.165) is 10.1 Å². The standard InChI is InChI=1S/C16H11NO5S/c18-14(17-15(19)11-5-3-7-21-11)9-22-16(20)13-8-10-4-1-2-6-12(10)23-13/h1-8H,9H2,(H,17,18,19). The van der Waals surface area contributed by atoms with E-state index < -0.39 is 24.4 Å². The number of esters is 1. The molecule has 3 aromatic rings. The van der Waals surface area contributed by atoms with Crippen LogP contribution in [0.15, 0.2) is 53.1 Å². The third-order valence-corrected chi connectivity index (χ3v) is 4.06. The molecular weight excluding hydrogens is 318 g/mol. The van der Waals surface area contributed by atoms with Gasteiger partial charge in [-0.15, -0.1) is 11.3 Å². The summed E-state index contributed by atoms with van der Waals surface area (Å²) in [5.41, 5.74) is 0. The summed E-state index contributed by atoms with van der Waals surface area (Å²) in [6.07, 6.45) is 1.32. The van der Waals surface area contributed by atoms with Crippen LogP contribution < -0.4 is 5.32 Å². The average Bonchev–Trinajstić information content (AvgIpc) is 3.21. The second kappa shape index (κ2) is 6.45. The van der Waals surface area contributed by atoms with E-state index in [1.165, 1.54) is 29.7 Å². The molecule has 116 valence electrons. The van der Waals surface area contributed by atoms with Crippen LogP contribution in [0, 0.1) is 0 Å². The maximum atomic E-state index is 11.9. The smallest absolute Gasteiger partial charge is 0.348 e. The fourth-order valence-corrected chi connectivity index (χ4v) is 2.87. The summed E-state index contributed by atoms with van der Waals surface area (Å²) in [6, 6.07) is 12.2. The predicted octanol–water partition coefficient (Wildman–Crippen LogP) is 2.61. The van der Waals surface area contributed by atoms with Gasteiger partial charge in [0.15, 0.2) is 12.4 Å². The molecule has 2 heterocycles. The monoisotopic (exact) mass is 329 g/mol. The van der Waals surface area contributed by atoms with Crippen molar-refractivity contribution in [3.8, 4) is 0 Å². The second-order valence-electron chi connectivity index (χ2n) is 4.58. The highest BCUT2D eigenvalue weighted by molar-refractivity contribution is 7.20. The summed E-state index contributed by atoms with van der Waals surface area (Å²) >= 11 is 1.28. The van der Waals surface area contributed by atoms with Crippen LogP contribution in [0.2, 0.25) is 0 Å². The van der Waals surface area contributed by atoms with Gasteiger partial charge in [-0.2, -0.15) is 0 Å². The van der Waals surface area contributed by atoms with Crippen molar-refractivity contribution in [3.05, 3.63) is 59.4 Å². The van der Waals surface area contributed by atoms with Gasteiger partial charge in [0, 0.05) is 4.70 Å². The Morgan fingerprint density at radius 3 is 2.70 bits per heavy atom. The number of carbonyl (C=O) groups excluding carboxylic acids is 3. The molecule has 6 nitrogen and oxygen atoms in total. The Morgan fingerprint density at radius 2 is 1.96 bits per heavy atom. The highest BCUT2D eigenvalue weighted by Gasteiger charge is 2.16. The number of thiophene rings is 1. The first-order chi connectivity index (χ1) is 11.1. The zero-order valence-electron chi connectivity index (χ0n) is 11.8. The number of amides is 2. The van der Waals surface area contributed by atoms with E-state index in [-0.39, 0.29) is 5.76 Å². The van der Waals surface area contributed by atoms with Crippen molar-refractivity contribution < 1.29 is 23.5 Å². The van der Waals surface area contributed by atoms with Crippen LogP contribution in [0.25, 0.3) is 10.1 Å². The fourth-order valence-electron chi connectivity index (χ4n) is 1.92. The first-order valence-corrected chi connectivity index (χ1v) is 7.48. The van der Waals surface area contributed by atoms with Crippen LogP contribution in [0.3, 0.4) is 0 Å². The number of carbonyl (C=O) groups is 3. The van der Waals surface area contributed by atoms with Gasteiger partial charge in [0.1, 0.15) is 4.88 Å². The normalized spacial score (nSPS) is 10.4. The first-order valence-electron chi connectivity index (χ1n) is 6.67. The minimum absolute atomic E-state index is 0.00850. The molecule has 0 spiro atoms. The molecule has 0 fully saturated rings. The van der Waals surface area contributed by atoms with Crippen molar-refractivity contribution in [2.75, 3.05) is 6.61 Å². The van der Waals surface area contributed by atoms with Crippen molar-refractivity contribution in [2.45, 2.75) is 0 Å². The van der Waals surface area contributed by atoms with Gasteiger partial charge in [0.25, 0.3) is 11.8 Å². The maximum Gasteiger partial charge on any atom is 0.348 e. The van der Waals surface area contributed by atoms with Crippen LogP contribution in [-0.4, -0.2) is 24.4 Å². The Morgan fingerprint density at radius 1 is 1.13 bits per heavy atom. The van der Waals surface area contributed by atoms with E-state index in [4.69, 9.17) is 9.15 Å². The quantitative estimate of drug-likeness (QED) is 0.744. The molecule has 1 aromatic carbocycles. The molecule has 0 aliphatic carbocycles. The van der Waals surface area contributed by atoms with E-state index >= 15 is 0 Å². The zero-order valence-corrected chi connectivity index (χ0v) is 12.6. The van der Waals surface area contributed by atoms with Crippen molar-refractivity contribution in [1.29, 1.82) is 0 Å². The number of rotatable bonds is 4. The highest BCUT2D eigenvalue weighted by atomic mass is 32.1. The molecule has 0 bridgehead atoms. The fraction of sp³-hybridized carbons (Fsp3) is 0.0625. The molecule has 3 rings (SSSR count). The lowest BCUT2D eigenvalue weighted by Crippen LogP contribution is -2.33. The van der Waals surface area contributed by atoms with Crippen LogP contribution in [0.4, 0.5) is 0 Å². The largest absolute Gasteiger partial charge is 0.459 e. The van der Waals surface area contributed by atoms with Gasteiger partial charge < -0.3 is 9.15 Å². The van der Waals surface area contributed by atoms with Crippen LogP contribution in [-0.2, 0) is 9.53 Å². The molecule has 7 heteroatoms. The van der Waals surface area contributed by atoms with E-state index in [1.807, 2.05) is 24.3 Å². The van der Waals surface area contributed by atoms with Gasteiger partial charge in [0.05, 0.1) is 6.26 Å². The maximum absolute atomic E-state index is 11.9. The Hall–Kier alpha value is -2.93. The molecule has 1 N–H and O–H groups in total. The van der Waals surface area contributed by atoms with E-state index in [9.17, 15) is 14.4 Å². The van der Waals surface area contributed by atoms with Crippen molar-refractivity contribution in [1.82, 2.24) is 5.32 Å². The molecule has 23 heavy (non-hydrogen) atoms. The van der Waals surface area contributed by atoms with Crippen LogP contribution in [0.5, 0.6) is 0 Å². The number of benzene rings is 1. The number of ether oxygens (including phenoxy) is 1. The van der Waals surface area contributed by atoms with E-state index in [1.54, 1.807) is 6.07 Å². The second-order valence-corrected chi connectivity index (χ2v) is 5.66. The molecule has 0 unspecified atom stereocenters. The highest BCUT2D eigenvalue weighted by Crippen LogP contribution is 2.25. The van der Waals surface area contributed by atoms with Crippen LogP contribution >= 0.6 is 11.3 Å². The molecule has 2 aromatic heterocycles. The summed E-state index contributed by atoms with van der Waals surface area (Å²) in [6.45, 7) is -0.542. The van der Waals surface area contributed by atoms with E-state index in [2.05, 4.69) is 5.32 Å². The van der Waals surface area contributed by atoms with Crippen LogP contribution in [0.1, 0.15) is 20.2 Å². The van der Waals surface area contributed by atoms with Gasteiger partial charge in [0.2, 0.25) is 0 Å². The SMILES string of the molecule is O=C(COC(=O)c1cc2ccccc2s1)NC(=O)c1ccco1. The minimum atomic E-state index is -0.721. The van der Waals surface area contributed by atoms with Gasteiger partial charge in [-0.05, 0) is 29.7 Å². The molecule has 0 saturated carbocycles. The van der Waals surface area contributed by atoms with Gasteiger partial charge in [-0.25, -0.2) is 4.79 Å². The van der Waals surface area contributed by atoms with E-state index in [0.29, 0.717) is 4.88 Å². The third kappa shape index (κ3) is 3.46. The molecule has 0 aliphatic heterocycles. The number of hydrogen-bond acceptors (Lipinski definition) is 6. The minimum Gasteiger partial charge on any atom is -0.459 e. The Balaban J connectivity index is 1.56.